The van der Waals surface area contributed by atoms with Crippen molar-refractivity contribution in [1.82, 2.24) is 9.03 Å². The molecule has 1 heterocycles. The number of ether oxygens (including phenoxy) is 1. The molecule has 0 bridgehead atoms. The number of carbonyl (C=O) groups is 2. The van der Waals surface area contributed by atoms with E-state index in [1.807, 2.05) is 0 Å². The van der Waals surface area contributed by atoms with Gasteiger partial charge >= 0.3 is 11.9 Å². The Balaban J connectivity index is 2.71. The van der Waals surface area contributed by atoms with Gasteiger partial charge in [-0.05, 0) is 19.8 Å². The zero-order valence-corrected chi connectivity index (χ0v) is 11.6. The lowest BCUT2D eigenvalue weighted by atomic mass is 10.0. The third-order valence-electron chi connectivity index (χ3n) is 2.95. The Bertz CT molecular complexity index is 449. The summed E-state index contributed by atoms with van der Waals surface area (Å²) >= 11 is 0. The van der Waals surface area contributed by atoms with E-state index in [2.05, 4.69) is 9.46 Å². The monoisotopic (exact) mass is 294 g/mol. The van der Waals surface area contributed by atoms with Crippen LogP contribution in [0.15, 0.2) is 0 Å². The molecule has 0 aromatic rings. The molecule has 1 unspecified atom stereocenters. The minimum absolute atomic E-state index is 0.0848. The lowest BCUT2D eigenvalue weighted by Gasteiger charge is -2.30. The Morgan fingerprint density at radius 2 is 2.11 bits per heavy atom. The summed E-state index contributed by atoms with van der Waals surface area (Å²) in [4.78, 5) is 22.1. The number of aliphatic carboxylic acids is 1. The highest BCUT2D eigenvalue weighted by Gasteiger charge is 2.33. The van der Waals surface area contributed by atoms with Crippen LogP contribution in [0.5, 0.6) is 0 Å². The van der Waals surface area contributed by atoms with Gasteiger partial charge in [-0.25, -0.2) is 0 Å². The van der Waals surface area contributed by atoms with Gasteiger partial charge in [-0.3, -0.25) is 9.59 Å². The van der Waals surface area contributed by atoms with Crippen molar-refractivity contribution in [2.24, 2.45) is 5.92 Å². The second-order valence-corrected chi connectivity index (χ2v) is 6.11. The van der Waals surface area contributed by atoms with E-state index in [9.17, 15) is 18.0 Å². The number of methoxy groups -OCH3 is 1. The maximum Gasteiger partial charge on any atom is 0.323 e. The van der Waals surface area contributed by atoms with Crippen molar-refractivity contribution in [3.05, 3.63) is 0 Å². The molecule has 2 atom stereocenters. The molecule has 0 aliphatic carbocycles. The van der Waals surface area contributed by atoms with Gasteiger partial charge in [0.25, 0.3) is 10.2 Å². The average Bonchev–Trinajstić information content (AvgIpc) is 2.37. The maximum absolute atomic E-state index is 12.0. The molecule has 1 aliphatic rings. The first-order valence-corrected chi connectivity index (χ1v) is 7.30. The number of nitrogens with one attached hydrogen (secondary N) is 1. The molecular weight excluding hydrogens is 276 g/mol. The highest BCUT2D eigenvalue weighted by atomic mass is 32.2. The third-order valence-corrected chi connectivity index (χ3v) is 4.62. The van der Waals surface area contributed by atoms with Crippen molar-refractivity contribution in [3.63, 3.8) is 0 Å². The van der Waals surface area contributed by atoms with Gasteiger partial charge < -0.3 is 9.84 Å². The van der Waals surface area contributed by atoms with Crippen LogP contribution in [0.3, 0.4) is 0 Å². The molecule has 0 amide bonds. The quantitative estimate of drug-likeness (QED) is 0.640. The van der Waals surface area contributed by atoms with Gasteiger partial charge in [-0.15, -0.1) is 0 Å². The molecule has 110 valence electrons. The largest absolute Gasteiger partial charge is 0.481 e. The molecule has 1 aliphatic heterocycles. The van der Waals surface area contributed by atoms with E-state index in [0.29, 0.717) is 12.8 Å². The Hall–Kier alpha value is -1.19. The van der Waals surface area contributed by atoms with Crippen molar-refractivity contribution in [2.45, 2.75) is 25.8 Å². The number of hydrogen-bond donors (Lipinski definition) is 2. The molecule has 8 nitrogen and oxygen atoms in total. The van der Waals surface area contributed by atoms with Crippen LogP contribution in [0.4, 0.5) is 0 Å². The van der Waals surface area contributed by atoms with Crippen LogP contribution in [-0.2, 0) is 24.5 Å². The standard InChI is InChI=1S/C10H18N2O6S/c1-7(10(15)18-2)11-19(16,17)12-5-3-4-8(6-12)9(13)14/h7-8,11H,3-6H2,1-2H3,(H,13,14)/t7-,8?/m0/s1. The minimum Gasteiger partial charge on any atom is -0.481 e. The first kappa shape index (κ1) is 15.9. The molecule has 9 heteroatoms. The summed E-state index contributed by atoms with van der Waals surface area (Å²) in [7, 11) is -2.72. The smallest absolute Gasteiger partial charge is 0.323 e. The van der Waals surface area contributed by atoms with Crippen molar-refractivity contribution in [1.29, 1.82) is 0 Å². The number of piperidine rings is 1. The van der Waals surface area contributed by atoms with Crippen LogP contribution < -0.4 is 4.72 Å². The van der Waals surface area contributed by atoms with Crippen LogP contribution in [0, 0.1) is 5.92 Å². The van der Waals surface area contributed by atoms with Gasteiger partial charge in [0.1, 0.15) is 6.04 Å². The zero-order valence-electron chi connectivity index (χ0n) is 10.8. The van der Waals surface area contributed by atoms with E-state index < -0.39 is 34.1 Å². The lowest BCUT2D eigenvalue weighted by molar-refractivity contribution is -0.143. The Kier molecular flexibility index (Phi) is 5.27. The van der Waals surface area contributed by atoms with E-state index in [1.165, 1.54) is 6.92 Å². The molecule has 0 aromatic heterocycles. The number of rotatable bonds is 5. The Labute approximate surface area is 111 Å². The molecule has 0 spiro atoms. The normalized spacial score (nSPS) is 22.7. The predicted octanol–water partition coefficient (Wildman–Crippen LogP) is -0.821. The molecule has 19 heavy (non-hydrogen) atoms. The molecule has 2 N–H and O–H groups in total. The van der Waals surface area contributed by atoms with Gasteiger partial charge in [0.2, 0.25) is 0 Å². The Morgan fingerprint density at radius 3 is 2.63 bits per heavy atom. The topological polar surface area (TPSA) is 113 Å². The Morgan fingerprint density at radius 1 is 1.47 bits per heavy atom. The van der Waals surface area contributed by atoms with Crippen LogP contribution >= 0.6 is 0 Å². The van der Waals surface area contributed by atoms with E-state index in [-0.39, 0.29) is 13.1 Å². The van der Waals surface area contributed by atoms with Crippen molar-refractivity contribution in [3.8, 4) is 0 Å². The summed E-state index contributed by atoms with van der Waals surface area (Å²) in [6.07, 6.45) is 0.929. The second-order valence-electron chi connectivity index (χ2n) is 4.40. The third kappa shape index (κ3) is 4.15. The zero-order chi connectivity index (χ0) is 14.6. The highest BCUT2D eigenvalue weighted by molar-refractivity contribution is 7.87. The fraction of sp³-hybridized carbons (Fsp3) is 0.800. The number of nitrogens with zero attached hydrogens (tertiary/aromatic N) is 1. The van der Waals surface area contributed by atoms with Gasteiger partial charge in [0.15, 0.2) is 0 Å². The van der Waals surface area contributed by atoms with Crippen molar-refractivity contribution < 1.29 is 27.9 Å². The minimum atomic E-state index is -3.88. The van der Waals surface area contributed by atoms with Crippen LogP contribution in [0.1, 0.15) is 19.8 Å². The first-order chi connectivity index (χ1) is 8.77. The first-order valence-electron chi connectivity index (χ1n) is 5.86. The molecule has 1 saturated heterocycles. The number of esters is 1. The molecular formula is C10H18N2O6S. The summed E-state index contributed by atoms with van der Waals surface area (Å²) in [6, 6.07) is -1.01. The number of carboxylic acids is 1. The van der Waals surface area contributed by atoms with Gasteiger partial charge in [0, 0.05) is 13.1 Å². The highest BCUT2D eigenvalue weighted by Crippen LogP contribution is 2.18. The molecule has 0 radical (unpaired) electrons. The number of hydrogen-bond acceptors (Lipinski definition) is 5. The molecule has 0 saturated carbocycles. The molecule has 1 rings (SSSR count). The van der Waals surface area contributed by atoms with Gasteiger partial charge in [-0.1, -0.05) is 0 Å². The fourth-order valence-electron chi connectivity index (χ4n) is 1.89. The fourth-order valence-corrected chi connectivity index (χ4v) is 3.32. The predicted molar refractivity (Wildman–Crippen MR) is 65.5 cm³/mol. The average molecular weight is 294 g/mol. The number of carboxylic acid groups (broad SMARTS) is 1. The van der Waals surface area contributed by atoms with Crippen molar-refractivity contribution >= 4 is 22.1 Å². The van der Waals surface area contributed by atoms with Crippen LogP contribution in [-0.4, -0.2) is 56.0 Å². The lowest BCUT2D eigenvalue weighted by Crippen LogP contribution is -2.51. The summed E-state index contributed by atoms with van der Waals surface area (Å²) in [6.45, 7) is 1.52. The van der Waals surface area contributed by atoms with E-state index in [4.69, 9.17) is 5.11 Å². The summed E-state index contributed by atoms with van der Waals surface area (Å²) < 4.78 is 31.6. The summed E-state index contributed by atoms with van der Waals surface area (Å²) in [5.74, 6) is -2.42. The molecule has 0 aromatic carbocycles. The SMILES string of the molecule is COC(=O)[C@H](C)NS(=O)(=O)N1CCCC(C(=O)O)C1. The van der Waals surface area contributed by atoms with Crippen molar-refractivity contribution in [2.75, 3.05) is 20.2 Å². The summed E-state index contributed by atoms with van der Waals surface area (Å²) in [5, 5.41) is 8.91. The molecule has 1 fully saturated rings. The maximum atomic E-state index is 12.0. The second kappa shape index (κ2) is 6.31. The van der Waals surface area contributed by atoms with Crippen LogP contribution in [0.25, 0.3) is 0 Å². The van der Waals surface area contributed by atoms with Crippen LogP contribution in [0.2, 0.25) is 0 Å². The van der Waals surface area contributed by atoms with Gasteiger partial charge in [-0.2, -0.15) is 17.4 Å². The van der Waals surface area contributed by atoms with E-state index in [1.54, 1.807) is 0 Å². The van der Waals surface area contributed by atoms with Gasteiger partial charge in [0.05, 0.1) is 13.0 Å². The summed E-state index contributed by atoms with van der Waals surface area (Å²) in [5.41, 5.74) is 0. The van der Waals surface area contributed by atoms with E-state index >= 15 is 0 Å². The number of carbonyl (C=O) groups excluding carboxylic acids is 1. The van der Waals surface area contributed by atoms with E-state index in [0.717, 1.165) is 11.4 Å².